The Labute approximate surface area is 132 Å². The Morgan fingerprint density at radius 3 is 2.46 bits per heavy atom. The molecule has 0 aliphatic carbocycles. The summed E-state index contributed by atoms with van der Waals surface area (Å²) in [6.45, 7) is -0.788. The number of amides is 1. The number of alkyl halides is 3. The predicted molar refractivity (Wildman–Crippen MR) is 71.2 cm³/mol. The van der Waals surface area contributed by atoms with E-state index >= 15 is 0 Å². The third-order valence-electron chi connectivity index (χ3n) is 2.75. The summed E-state index contributed by atoms with van der Waals surface area (Å²) in [5.41, 5.74) is -1.16. The first-order valence-electron chi connectivity index (χ1n) is 6.50. The molecular weight excluding hydrogens is 340 g/mol. The first-order chi connectivity index (χ1) is 11.1. The minimum Gasteiger partial charge on any atom is -0.465 e. The molecule has 0 saturated heterocycles. The Morgan fingerprint density at radius 1 is 1.33 bits per heavy atom. The molecule has 0 unspecified atom stereocenters. The van der Waals surface area contributed by atoms with E-state index in [1.807, 2.05) is 0 Å². The molecule has 0 spiro atoms. The van der Waals surface area contributed by atoms with Crippen LogP contribution < -0.4 is 0 Å². The normalized spacial score (nSPS) is 11.0. The fraction of sp³-hybridized carbons (Fsp3) is 0.385. The van der Waals surface area contributed by atoms with Gasteiger partial charge in [-0.3, -0.25) is 19.7 Å². The molecule has 1 aromatic carbocycles. The standard InChI is InChI=1S/C13H12F4N2O5/c1-2-24-11(20)7-18(12(21)13(15,16)17)6-8-5-9(14)3-4-10(8)19(22)23/h3-5H,2,6-7H2,1H3. The Bertz CT molecular complexity index is 648. The minimum atomic E-state index is -5.31. The lowest BCUT2D eigenvalue weighted by Crippen LogP contribution is -2.43. The maximum atomic E-state index is 13.2. The second-order valence-corrected chi connectivity index (χ2v) is 4.49. The van der Waals surface area contributed by atoms with Crippen molar-refractivity contribution >= 4 is 17.6 Å². The van der Waals surface area contributed by atoms with Crippen molar-refractivity contribution in [2.45, 2.75) is 19.6 Å². The zero-order valence-electron chi connectivity index (χ0n) is 12.3. The third-order valence-corrected chi connectivity index (χ3v) is 2.75. The van der Waals surface area contributed by atoms with E-state index in [2.05, 4.69) is 4.74 Å². The molecule has 0 atom stereocenters. The van der Waals surface area contributed by atoms with Gasteiger partial charge >= 0.3 is 18.1 Å². The lowest BCUT2D eigenvalue weighted by Gasteiger charge is -2.22. The summed E-state index contributed by atoms with van der Waals surface area (Å²) < 4.78 is 55.6. The molecule has 132 valence electrons. The van der Waals surface area contributed by atoms with Gasteiger partial charge in [-0.2, -0.15) is 13.2 Å². The topological polar surface area (TPSA) is 89.8 Å². The zero-order chi connectivity index (χ0) is 18.5. The number of ether oxygens (including phenoxy) is 1. The van der Waals surface area contributed by atoms with Crippen LogP contribution in [-0.2, 0) is 20.9 Å². The highest BCUT2D eigenvalue weighted by Crippen LogP contribution is 2.24. The SMILES string of the molecule is CCOC(=O)CN(Cc1cc(F)ccc1[N+](=O)[O-])C(=O)C(F)(F)F. The van der Waals surface area contributed by atoms with E-state index < -0.39 is 53.1 Å². The van der Waals surface area contributed by atoms with Crippen LogP contribution in [0.25, 0.3) is 0 Å². The van der Waals surface area contributed by atoms with Crippen LogP contribution in [0.1, 0.15) is 12.5 Å². The van der Waals surface area contributed by atoms with Crippen LogP contribution in [0.5, 0.6) is 0 Å². The van der Waals surface area contributed by atoms with Crippen molar-refractivity contribution in [3.8, 4) is 0 Å². The van der Waals surface area contributed by atoms with Gasteiger partial charge in [-0.05, 0) is 19.1 Å². The van der Waals surface area contributed by atoms with E-state index in [-0.39, 0.29) is 11.5 Å². The summed E-state index contributed by atoms with van der Waals surface area (Å²) in [5, 5.41) is 10.9. The maximum absolute atomic E-state index is 13.2. The molecule has 0 aromatic heterocycles. The van der Waals surface area contributed by atoms with Gasteiger partial charge in [0.2, 0.25) is 0 Å². The summed E-state index contributed by atoms with van der Waals surface area (Å²) in [7, 11) is 0. The molecule has 0 saturated carbocycles. The van der Waals surface area contributed by atoms with E-state index in [4.69, 9.17) is 0 Å². The number of nitro groups is 1. The van der Waals surface area contributed by atoms with Crippen molar-refractivity contribution in [2.24, 2.45) is 0 Å². The molecular formula is C13H12F4N2O5. The number of nitrogens with zero attached hydrogens (tertiary/aromatic N) is 2. The lowest BCUT2D eigenvalue weighted by molar-refractivity contribution is -0.385. The molecule has 1 rings (SSSR count). The third kappa shape index (κ3) is 5.18. The Kier molecular flexibility index (Phi) is 6.20. The van der Waals surface area contributed by atoms with Crippen LogP contribution in [0.2, 0.25) is 0 Å². The number of carbonyl (C=O) groups is 2. The van der Waals surface area contributed by atoms with Crippen LogP contribution in [0, 0.1) is 15.9 Å². The van der Waals surface area contributed by atoms with Gasteiger partial charge in [0, 0.05) is 6.07 Å². The fourth-order valence-electron chi connectivity index (χ4n) is 1.81. The molecule has 7 nitrogen and oxygen atoms in total. The molecule has 0 bridgehead atoms. The number of benzene rings is 1. The van der Waals surface area contributed by atoms with Crippen LogP contribution in [0.4, 0.5) is 23.2 Å². The number of hydrogen-bond donors (Lipinski definition) is 0. The van der Waals surface area contributed by atoms with E-state index in [0.717, 1.165) is 12.1 Å². The molecule has 24 heavy (non-hydrogen) atoms. The molecule has 0 aliphatic rings. The molecule has 1 aromatic rings. The first kappa shape index (κ1) is 19.3. The summed E-state index contributed by atoms with van der Waals surface area (Å²) in [5.74, 6) is -4.46. The molecule has 0 N–H and O–H groups in total. The Balaban J connectivity index is 3.17. The maximum Gasteiger partial charge on any atom is 0.471 e. The van der Waals surface area contributed by atoms with Crippen molar-refractivity contribution in [1.29, 1.82) is 0 Å². The largest absolute Gasteiger partial charge is 0.471 e. The van der Waals surface area contributed by atoms with Crippen LogP contribution in [-0.4, -0.2) is 41.0 Å². The zero-order valence-corrected chi connectivity index (χ0v) is 12.3. The quantitative estimate of drug-likeness (QED) is 0.339. The molecule has 0 aliphatic heterocycles. The highest BCUT2D eigenvalue weighted by atomic mass is 19.4. The first-order valence-corrected chi connectivity index (χ1v) is 6.50. The smallest absolute Gasteiger partial charge is 0.465 e. The Morgan fingerprint density at radius 2 is 1.96 bits per heavy atom. The van der Waals surface area contributed by atoms with Crippen LogP contribution >= 0.6 is 0 Å². The minimum absolute atomic E-state index is 0.0137. The van der Waals surface area contributed by atoms with Crippen LogP contribution in [0.15, 0.2) is 18.2 Å². The van der Waals surface area contributed by atoms with Crippen molar-refractivity contribution in [3.05, 3.63) is 39.7 Å². The van der Waals surface area contributed by atoms with Crippen molar-refractivity contribution in [1.82, 2.24) is 4.90 Å². The van der Waals surface area contributed by atoms with Gasteiger partial charge in [0.15, 0.2) is 0 Å². The molecule has 0 heterocycles. The summed E-state index contributed by atoms with van der Waals surface area (Å²) >= 11 is 0. The van der Waals surface area contributed by atoms with Crippen molar-refractivity contribution in [3.63, 3.8) is 0 Å². The monoisotopic (exact) mass is 352 g/mol. The van der Waals surface area contributed by atoms with E-state index in [0.29, 0.717) is 6.07 Å². The van der Waals surface area contributed by atoms with E-state index in [1.165, 1.54) is 6.92 Å². The van der Waals surface area contributed by atoms with E-state index in [9.17, 15) is 37.3 Å². The second kappa shape index (κ2) is 7.70. The summed E-state index contributed by atoms with van der Waals surface area (Å²) in [6, 6.07) is 2.13. The van der Waals surface area contributed by atoms with Gasteiger partial charge in [0.05, 0.1) is 23.6 Å². The second-order valence-electron chi connectivity index (χ2n) is 4.49. The Hall–Kier alpha value is -2.72. The van der Waals surface area contributed by atoms with Crippen LogP contribution in [0.3, 0.4) is 0 Å². The van der Waals surface area contributed by atoms with E-state index in [1.54, 1.807) is 0 Å². The molecule has 0 radical (unpaired) electrons. The van der Waals surface area contributed by atoms with Gasteiger partial charge in [0.1, 0.15) is 12.4 Å². The summed E-state index contributed by atoms with van der Waals surface area (Å²) in [6.07, 6.45) is -5.31. The number of esters is 1. The number of carbonyl (C=O) groups excluding carboxylic acids is 2. The number of hydrogen-bond acceptors (Lipinski definition) is 5. The summed E-state index contributed by atoms with van der Waals surface area (Å²) in [4.78, 5) is 32.7. The van der Waals surface area contributed by atoms with Gasteiger partial charge in [-0.15, -0.1) is 0 Å². The fourth-order valence-corrected chi connectivity index (χ4v) is 1.81. The molecule has 0 fully saturated rings. The number of nitro benzene ring substituents is 1. The van der Waals surface area contributed by atoms with Gasteiger partial charge in [0.25, 0.3) is 5.69 Å². The number of halogens is 4. The molecule has 11 heteroatoms. The molecule has 1 amide bonds. The average molecular weight is 352 g/mol. The van der Waals surface area contributed by atoms with Gasteiger partial charge < -0.3 is 9.64 Å². The number of rotatable bonds is 6. The van der Waals surface area contributed by atoms with Crippen molar-refractivity contribution in [2.75, 3.05) is 13.2 Å². The average Bonchev–Trinajstić information content (AvgIpc) is 2.44. The van der Waals surface area contributed by atoms with Gasteiger partial charge in [-0.1, -0.05) is 0 Å². The van der Waals surface area contributed by atoms with Gasteiger partial charge in [-0.25, -0.2) is 4.39 Å². The lowest BCUT2D eigenvalue weighted by atomic mass is 10.1. The predicted octanol–water partition coefficient (Wildman–Crippen LogP) is 2.19. The van der Waals surface area contributed by atoms with Crippen molar-refractivity contribution < 1.29 is 36.8 Å². The highest BCUT2D eigenvalue weighted by molar-refractivity contribution is 5.85. The highest BCUT2D eigenvalue weighted by Gasteiger charge is 2.43.